The van der Waals surface area contributed by atoms with Gasteiger partial charge in [-0.25, -0.2) is 0 Å². The average molecular weight is 278 g/mol. The summed E-state index contributed by atoms with van der Waals surface area (Å²) >= 11 is 0. The Bertz CT molecular complexity index is 416. The van der Waals surface area contributed by atoms with Gasteiger partial charge in [0.1, 0.15) is 17.6 Å². The Morgan fingerprint density at radius 1 is 1.32 bits per heavy atom. The molecule has 1 saturated heterocycles. The van der Waals surface area contributed by atoms with Crippen LogP contribution in [0.5, 0.6) is 0 Å². The van der Waals surface area contributed by atoms with Gasteiger partial charge >= 0.3 is 6.18 Å². The molecule has 0 bridgehead atoms. The van der Waals surface area contributed by atoms with E-state index in [0.29, 0.717) is 0 Å². The minimum Gasteiger partial charge on any atom is -0.343 e. The van der Waals surface area contributed by atoms with E-state index in [1.807, 2.05) is 0 Å². The van der Waals surface area contributed by atoms with Crippen LogP contribution in [0.15, 0.2) is 0 Å². The highest BCUT2D eigenvalue weighted by molar-refractivity contribution is 5.97. The van der Waals surface area contributed by atoms with Gasteiger partial charge in [-0.1, -0.05) is 13.8 Å². The van der Waals surface area contributed by atoms with E-state index in [0.717, 1.165) is 4.90 Å². The van der Waals surface area contributed by atoms with Gasteiger partial charge in [-0.05, 0) is 25.7 Å². The highest BCUT2D eigenvalue weighted by Gasteiger charge is 2.70. The molecule has 1 N–H and O–H groups in total. The van der Waals surface area contributed by atoms with Crippen LogP contribution >= 0.6 is 0 Å². The number of nitrogens with zero attached hydrogens (tertiary/aromatic N) is 1. The molecule has 2 atom stereocenters. The van der Waals surface area contributed by atoms with Gasteiger partial charge in [0.15, 0.2) is 0 Å². The summed E-state index contributed by atoms with van der Waals surface area (Å²) in [6.45, 7) is 4.70. The molecule has 0 aromatic rings. The molecule has 2 fully saturated rings. The summed E-state index contributed by atoms with van der Waals surface area (Å²) in [6.07, 6.45) is -4.73. The number of alkyl halides is 3. The Hall–Kier alpha value is -1.27. The SMILES string of the molecule is CC1NC(=O)C(C(C)C)N(C2(C(F)(F)F)CC2)C1=O. The van der Waals surface area contributed by atoms with Gasteiger partial charge in [0.05, 0.1) is 0 Å². The summed E-state index contributed by atoms with van der Waals surface area (Å²) < 4.78 is 39.7. The summed E-state index contributed by atoms with van der Waals surface area (Å²) in [7, 11) is 0. The Kier molecular flexibility index (Phi) is 3.06. The highest BCUT2D eigenvalue weighted by Crippen LogP contribution is 2.55. The van der Waals surface area contributed by atoms with Crippen LogP contribution in [0.3, 0.4) is 0 Å². The zero-order valence-corrected chi connectivity index (χ0v) is 11.0. The first-order chi connectivity index (χ1) is 8.62. The number of carbonyl (C=O) groups is 2. The fourth-order valence-corrected chi connectivity index (χ4v) is 2.68. The van der Waals surface area contributed by atoms with E-state index >= 15 is 0 Å². The molecule has 2 amide bonds. The van der Waals surface area contributed by atoms with Gasteiger partial charge in [-0.3, -0.25) is 9.59 Å². The van der Waals surface area contributed by atoms with E-state index < -0.39 is 35.6 Å². The van der Waals surface area contributed by atoms with Crippen molar-refractivity contribution in [1.29, 1.82) is 0 Å². The van der Waals surface area contributed by atoms with Crippen LogP contribution in [-0.2, 0) is 9.59 Å². The first-order valence-corrected chi connectivity index (χ1v) is 6.32. The van der Waals surface area contributed by atoms with Crippen molar-refractivity contribution in [2.24, 2.45) is 5.92 Å². The van der Waals surface area contributed by atoms with E-state index in [2.05, 4.69) is 5.32 Å². The van der Waals surface area contributed by atoms with E-state index in [1.54, 1.807) is 13.8 Å². The average Bonchev–Trinajstić information content (AvgIpc) is 3.02. The second-order valence-corrected chi connectivity index (χ2v) is 5.66. The minimum atomic E-state index is -4.49. The second-order valence-electron chi connectivity index (χ2n) is 5.66. The predicted molar refractivity (Wildman–Crippen MR) is 61.1 cm³/mol. The lowest BCUT2D eigenvalue weighted by Gasteiger charge is -2.45. The maximum atomic E-state index is 13.2. The molecule has 19 heavy (non-hydrogen) atoms. The summed E-state index contributed by atoms with van der Waals surface area (Å²) in [5, 5.41) is 2.44. The van der Waals surface area contributed by atoms with E-state index in [-0.39, 0.29) is 18.8 Å². The fourth-order valence-electron chi connectivity index (χ4n) is 2.68. The fraction of sp³-hybridized carbons (Fsp3) is 0.833. The molecule has 1 saturated carbocycles. The molecule has 1 aliphatic carbocycles. The molecule has 0 aromatic carbocycles. The van der Waals surface area contributed by atoms with Gasteiger partial charge in [-0.15, -0.1) is 0 Å². The molecule has 7 heteroatoms. The number of hydrogen-bond donors (Lipinski definition) is 1. The topological polar surface area (TPSA) is 49.4 Å². The largest absolute Gasteiger partial charge is 0.411 e. The minimum absolute atomic E-state index is 0.120. The maximum absolute atomic E-state index is 13.2. The zero-order valence-electron chi connectivity index (χ0n) is 11.0. The first kappa shape index (κ1) is 14.1. The van der Waals surface area contributed by atoms with E-state index in [4.69, 9.17) is 0 Å². The van der Waals surface area contributed by atoms with Crippen LogP contribution in [0, 0.1) is 5.92 Å². The van der Waals surface area contributed by atoms with Crippen molar-refractivity contribution < 1.29 is 22.8 Å². The third kappa shape index (κ3) is 1.99. The number of carbonyl (C=O) groups excluding carboxylic acids is 2. The Morgan fingerprint density at radius 3 is 2.21 bits per heavy atom. The molecule has 1 heterocycles. The predicted octanol–water partition coefficient (Wildman–Crippen LogP) is 1.45. The van der Waals surface area contributed by atoms with Gasteiger partial charge in [0.2, 0.25) is 11.8 Å². The van der Waals surface area contributed by atoms with Crippen LogP contribution in [0.25, 0.3) is 0 Å². The third-order valence-corrected chi connectivity index (χ3v) is 3.86. The molecule has 0 radical (unpaired) electrons. The van der Waals surface area contributed by atoms with Crippen LogP contribution in [0.2, 0.25) is 0 Å². The quantitative estimate of drug-likeness (QED) is 0.831. The lowest BCUT2D eigenvalue weighted by molar-refractivity contribution is -0.211. The smallest absolute Gasteiger partial charge is 0.343 e. The first-order valence-electron chi connectivity index (χ1n) is 6.32. The lowest BCUT2D eigenvalue weighted by atomic mass is 9.94. The number of piperazine rings is 1. The molecule has 0 aromatic heterocycles. The van der Waals surface area contributed by atoms with E-state index in [1.165, 1.54) is 6.92 Å². The summed E-state index contributed by atoms with van der Waals surface area (Å²) in [5.74, 6) is -1.51. The Balaban J connectivity index is 2.43. The van der Waals surface area contributed by atoms with Crippen LogP contribution in [0.4, 0.5) is 13.2 Å². The van der Waals surface area contributed by atoms with Crippen molar-refractivity contribution in [2.75, 3.05) is 0 Å². The summed E-state index contributed by atoms with van der Waals surface area (Å²) in [5.41, 5.74) is -2.13. The summed E-state index contributed by atoms with van der Waals surface area (Å²) in [6, 6.07) is -1.95. The Morgan fingerprint density at radius 2 is 1.84 bits per heavy atom. The molecular weight excluding hydrogens is 261 g/mol. The molecule has 108 valence electrons. The molecule has 4 nitrogen and oxygen atoms in total. The lowest BCUT2D eigenvalue weighted by Crippen LogP contribution is -2.69. The van der Waals surface area contributed by atoms with Crippen LogP contribution in [0.1, 0.15) is 33.6 Å². The van der Waals surface area contributed by atoms with Crippen LogP contribution in [-0.4, -0.2) is 40.5 Å². The van der Waals surface area contributed by atoms with Crippen molar-refractivity contribution in [3.63, 3.8) is 0 Å². The number of rotatable bonds is 2. The van der Waals surface area contributed by atoms with Gasteiger partial charge < -0.3 is 10.2 Å². The number of halogens is 3. The molecular formula is C12H17F3N2O2. The van der Waals surface area contributed by atoms with Crippen molar-refractivity contribution in [3.05, 3.63) is 0 Å². The Labute approximate surface area is 109 Å². The molecule has 0 spiro atoms. The maximum Gasteiger partial charge on any atom is 0.411 e. The molecule has 2 aliphatic rings. The number of amides is 2. The molecule has 2 unspecified atom stereocenters. The van der Waals surface area contributed by atoms with Gasteiger partial charge in [0.25, 0.3) is 0 Å². The molecule has 2 rings (SSSR count). The van der Waals surface area contributed by atoms with Gasteiger partial charge in [-0.2, -0.15) is 13.2 Å². The van der Waals surface area contributed by atoms with Crippen molar-refractivity contribution in [2.45, 2.75) is 57.4 Å². The van der Waals surface area contributed by atoms with Crippen molar-refractivity contribution in [3.8, 4) is 0 Å². The monoisotopic (exact) mass is 278 g/mol. The van der Waals surface area contributed by atoms with E-state index in [9.17, 15) is 22.8 Å². The van der Waals surface area contributed by atoms with Gasteiger partial charge in [0, 0.05) is 0 Å². The second kappa shape index (κ2) is 4.11. The van der Waals surface area contributed by atoms with Crippen molar-refractivity contribution >= 4 is 11.8 Å². The summed E-state index contributed by atoms with van der Waals surface area (Å²) in [4.78, 5) is 24.9. The number of hydrogen-bond acceptors (Lipinski definition) is 2. The van der Waals surface area contributed by atoms with Crippen LogP contribution < -0.4 is 5.32 Å². The molecule has 1 aliphatic heterocycles. The normalized spacial score (nSPS) is 30.6. The standard InChI is InChI=1S/C12H17F3N2O2/c1-6(2)8-9(18)16-7(3)10(19)17(8)11(4-5-11)12(13,14)15/h6-8H,4-5H2,1-3H3,(H,16,18). The zero-order chi connectivity index (χ0) is 14.6. The third-order valence-electron chi connectivity index (χ3n) is 3.86. The highest BCUT2D eigenvalue weighted by atomic mass is 19.4. The van der Waals surface area contributed by atoms with Crippen molar-refractivity contribution in [1.82, 2.24) is 10.2 Å². The number of nitrogens with one attached hydrogen (secondary N) is 1.